The van der Waals surface area contributed by atoms with Crippen LogP contribution in [-0.4, -0.2) is 40.4 Å². The molecule has 0 aliphatic carbocycles. The zero-order valence-electron chi connectivity index (χ0n) is 18.4. The number of amides is 1. The van der Waals surface area contributed by atoms with E-state index in [2.05, 4.69) is 51.0 Å². The van der Waals surface area contributed by atoms with Crippen molar-refractivity contribution in [2.45, 2.75) is 25.8 Å². The predicted molar refractivity (Wildman–Crippen MR) is 128 cm³/mol. The first-order valence-corrected chi connectivity index (χ1v) is 11.2. The van der Waals surface area contributed by atoms with Crippen molar-refractivity contribution in [3.63, 3.8) is 0 Å². The first-order valence-electron chi connectivity index (χ1n) is 11.2. The molecule has 1 fully saturated rings. The van der Waals surface area contributed by atoms with Crippen LogP contribution < -0.4 is 5.32 Å². The average molecular weight is 427 g/mol. The highest BCUT2D eigenvalue weighted by atomic mass is 16.2. The summed E-state index contributed by atoms with van der Waals surface area (Å²) in [5.74, 6) is 0.104. The predicted octanol–water partition coefficient (Wildman–Crippen LogP) is 4.27. The highest BCUT2D eigenvalue weighted by Gasteiger charge is 2.42. The van der Waals surface area contributed by atoms with Gasteiger partial charge in [0.25, 0.3) is 0 Å². The fraction of sp³-hybridized carbons (Fsp3) is 0.296. The minimum atomic E-state index is -0.501. The second-order valence-corrected chi connectivity index (χ2v) is 8.48. The molecule has 1 amide bonds. The van der Waals surface area contributed by atoms with Crippen LogP contribution in [0.3, 0.4) is 0 Å². The van der Waals surface area contributed by atoms with Gasteiger partial charge < -0.3 is 5.32 Å². The number of nitrogens with zero attached hydrogens (tertiary/aromatic N) is 3. The molecule has 0 bridgehead atoms. The second kappa shape index (κ2) is 10.3. The van der Waals surface area contributed by atoms with E-state index >= 15 is 0 Å². The Morgan fingerprint density at radius 3 is 2.69 bits per heavy atom. The van der Waals surface area contributed by atoms with Gasteiger partial charge in [-0.1, -0.05) is 36.4 Å². The zero-order valence-corrected chi connectivity index (χ0v) is 18.4. The number of rotatable bonds is 8. The Kier molecular flexibility index (Phi) is 7.07. The molecule has 1 aliphatic heterocycles. The molecule has 1 N–H and O–H groups in total. The van der Waals surface area contributed by atoms with Crippen LogP contribution in [-0.2, 0) is 17.8 Å². The van der Waals surface area contributed by atoms with Gasteiger partial charge in [-0.2, -0.15) is 0 Å². The molecule has 0 radical (unpaired) electrons. The van der Waals surface area contributed by atoms with Crippen LogP contribution >= 0.6 is 0 Å². The quantitative estimate of drug-likeness (QED) is 0.547. The molecule has 1 atom stereocenters. The fourth-order valence-corrected chi connectivity index (χ4v) is 4.70. The van der Waals surface area contributed by atoms with Gasteiger partial charge in [-0.25, -0.2) is 0 Å². The maximum Gasteiger partial charge on any atom is 0.228 e. The standard InChI is InChI=1S/C27H30N4O/c1-2-14-30-26(32)27(13-7-18-31(21-27)20-24-9-5-6-15-29-24)19-23-8-3-4-10-25(23)22-11-16-28-17-12-22/h2-6,8-12,15-17H,1,7,13-14,18-21H2,(H,30,32)/t27-/m1/s1. The number of carbonyl (C=O) groups excluding carboxylic acids is 1. The van der Waals surface area contributed by atoms with Gasteiger partial charge in [0.05, 0.1) is 11.1 Å². The van der Waals surface area contributed by atoms with Crippen LogP contribution in [0.4, 0.5) is 0 Å². The number of aromatic nitrogens is 2. The van der Waals surface area contributed by atoms with E-state index in [0.717, 1.165) is 42.8 Å². The number of piperidine rings is 1. The summed E-state index contributed by atoms with van der Waals surface area (Å²) in [5.41, 5.74) is 4.00. The summed E-state index contributed by atoms with van der Waals surface area (Å²) in [6, 6.07) is 18.4. The molecule has 1 saturated heterocycles. The third kappa shape index (κ3) is 5.11. The van der Waals surface area contributed by atoms with Gasteiger partial charge in [0.15, 0.2) is 0 Å². The molecular formula is C27H30N4O. The molecule has 3 aromatic rings. The normalized spacial score (nSPS) is 18.8. The lowest BCUT2D eigenvalue weighted by molar-refractivity contribution is -0.134. The van der Waals surface area contributed by atoms with Gasteiger partial charge in [0.2, 0.25) is 5.91 Å². The summed E-state index contributed by atoms with van der Waals surface area (Å²) in [7, 11) is 0. The Balaban J connectivity index is 1.64. The lowest BCUT2D eigenvalue weighted by atomic mass is 9.73. The van der Waals surface area contributed by atoms with Crippen molar-refractivity contribution in [3.8, 4) is 11.1 Å². The molecule has 0 spiro atoms. The van der Waals surface area contributed by atoms with E-state index in [-0.39, 0.29) is 5.91 Å². The fourth-order valence-electron chi connectivity index (χ4n) is 4.70. The van der Waals surface area contributed by atoms with Crippen molar-refractivity contribution in [1.82, 2.24) is 20.2 Å². The van der Waals surface area contributed by atoms with Crippen molar-refractivity contribution in [2.24, 2.45) is 5.41 Å². The molecule has 164 valence electrons. The van der Waals surface area contributed by atoms with Gasteiger partial charge >= 0.3 is 0 Å². The number of nitrogens with one attached hydrogen (secondary N) is 1. The lowest BCUT2D eigenvalue weighted by Gasteiger charge is -2.42. The Morgan fingerprint density at radius 1 is 1.09 bits per heavy atom. The highest BCUT2D eigenvalue weighted by molar-refractivity contribution is 5.84. The summed E-state index contributed by atoms with van der Waals surface area (Å²) in [4.78, 5) is 24.5. The van der Waals surface area contributed by atoms with Gasteiger partial charge in [-0.3, -0.25) is 19.7 Å². The van der Waals surface area contributed by atoms with E-state index in [1.54, 1.807) is 6.08 Å². The van der Waals surface area contributed by atoms with Gasteiger partial charge in [-0.05, 0) is 66.8 Å². The van der Waals surface area contributed by atoms with Crippen molar-refractivity contribution in [2.75, 3.05) is 19.6 Å². The first-order chi connectivity index (χ1) is 15.7. The molecule has 2 aromatic heterocycles. The monoisotopic (exact) mass is 426 g/mol. The summed E-state index contributed by atoms with van der Waals surface area (Å²) in [5, 5.41) is 3.10. The number of benzene rings is 1. The molecule has 0 saturated carbocycles. The van der Waals surface area contributed by atoms with E-state index in [0.29, 0.717) is 19.5 Å². The molecule has 3 heterocycles. The summed E-state index contributed by atoms with van der Waals surface area (Å²) < 4.78 is 0. The lowest BCUT2D eigenvalue weighted by Crippen LogP contribution is -2.53. The number of hydrogen-bond donors (Lipinski definition) is 1. The second-order valence-electron chi connectivity index (χ2n) is 8.48. The van der Waals surface area contributed by atoms with Crippen LogP contribution in [0.1, 0.15) is 24.1 Å². The molecule has 4 rings (SSSR count). The first kappa shape index (κ1) is 21.9. The van der Waals surface area contributed by atoms with E-state index in [1.807, 2.05) is 48.9 Å². The van der Waals surface area contributed by atoms with Crippen LogP contribution in [0, 0.1) is 5.41 Å². The SMILES string of the molecule is C=CCNC(=O)[C@@]1(Cc2ccccc2-c2ccncc2)CCCN(Cc2ccccn2)C1. The van der Waals surface area contributed by atoms with Crippen LogP contribution in [0.5, 0.6) is 0 Å². The van der Waals surface area contributed by atoms with Crippen molar-refractivity contribution < 1.29 is 4.79 Å². The Hall–Kier alpha value is -3.31. The summed E-state index contributed by atoms with van der Waals surface area (Å²) in [6.45, 7) is 6.68. The number of likely N-dealkylation sites (tertiary alicyclic amines) is 1. The van der Waals surface area contributed by atoms with E-state index in [4.69, 9.17) is 0 Å². The number of hydrogen-bond acceptors (Lipinski definition) is 4. The largest absolute Gasteiger partial charge is 0.352 e. The molecule has 1 aromatic carbocycles. The van der Waals surface area contributed by atoms with Gasteiger partial charge in [-0.15, -0.1) is 6.58 Å². The maximum atomic E-state index is 13.5. The summed E-state index contributed by atoms with van der Waals surface area (Å²) in [6.07, 6.45) is 9.72. The average Bonchev–Trinajstić information content (AvgIpc) is 2.84. The van der Waals surface area contributed by atoms with E-state index in [9.17, 15) is 4.79 Å². The topological polar surface area (TPSA) is 58.1 Å². The third-order valence-electron chi connectivity index (χ3n) is 6.19. The number of carbonyl (C=O) groups is 1. The molecule has 1 aliphatic rings. The van der Waals surface area contributed by atoms with E-state index in [1.165, 1.54) is 5.56 Å². The summed E-state index contributed by atoms with van der Waals surface area (Å²) >= 11 is 0. The smallest absolute Gasteiger partial charge is 0.228 e. The van der Waals surface area contributed by atoms with Crippen LogP contribution in [0.25, 0.3) is 11.1 Å². The maximum absolute atomic E-state index is 13.5. The minimum absolute atomic E-state index is 0.104. The molecule has 0 unspecified atom stereocenters. The van der Waals surface area contributed by atoms with Gasteiger partial charge in [0, 0.05) is 38.2 Å². The highest BCUT2D eigenvalue weighted by Crippen LogP contribution is 2.37. The van der Waals surface area contributed by atoms with Crippen LogP contribution in [0.2, 0.25) is 0 Å². The number of pyridine rings is 2. The van der Waals surface area contributed by atoms with Crippen molar-refractivity contribution in [1.29, 1.82) is 0 Å². The van der Waals surface area contributed by atoms with Crippen LogP contribution in [0.15, 0.2) is 85.8 Å². The zero-order chi connectivity index (χ0) is 22.2. The Labute approximate surface area is 190 Å². The Bertz CT molecular complexity index is 1040. The molecule has 5 nitrogen and oxygen atoms in total. The Morgan fingerprint density at radius 2 is 1.91 bits per heavy atom. The minimum Gasteiger partial charge on any atom is -0.352 e. The molecular weight excluding hydrogens is 396 g/mol. The van der Waals surface area contributed by atoms with Crippen molar-refractivity contribution in [3.05, 3.63) is 97.1 Å². The van der Waals surface area contributed by atoms with Crippen molar-refractivity contribution >= 4 is 5.91 Å². The van der Waals surface area contributed by atoms with Gasteiger partial charge in [0.1, 0.15) is 0 Å². The molecule has 32 heavy (non-hydrogen) atoms. The van der Waals surface area contributed by atoms with E-state index < -0.39 is 5.41 Å². The molecule has 5 heteroatoms. The third-order valence-corrected chi connectivity index (χ3v) is 6.19.